The topological polar surface area (TPSA) is 254 Å². The highest BCUT2D eigenvalue weighted by atomic mass is 16.7. The van der Waals surface area contributed by atoms with Crippen molar-refractivity contribution in [3.8, 4) is 0 Å². The Morgan fingerprint density at radius 2 is 0.881 bits per heavy atom. The predicted molar refractivity (Wildman–Crippen MR) is 212 cm³/mol. The van der Waals surface area contributed by atoms with Crippen molar-refractivity contribution in [2.24, 2.45) is 0 Å². The van der Waals surface area contributed by atoms with Gasteiger partial charge in [-0.3, -0.25) is 19.2 Å². The van der Waals surface area contributed by atoms with Gasteiger partial charge < -0.3 is 43.5 Å². The number of ether oxygens (including phenoxy) is 6. The second-order valence-electron chi connectivity index (χ2n) is 13.4. The Morgan fingerprint density at radius 3 is 1.22 bits per heavy atom. The SMILES string of the molecule is C=C(C)C(=O)OCCCCC(=O)O.C=C(C)C(=O)OCCCCC(=O)O.C=C(C)C(=O)OCCCCC(=O)ONC1CC(OC(=O)CCCCOC(=O)C(=C)C)CCO1. The summed E-state index contributed by atoms with van der Waals surface area (Å²) in [5.41, 5.74) is 3.95. The molecule has 1 aliphatic heterocycles. The molecule has 18 nitrogen and oxygen atoms in total. The molecule has 0 spiro atoms. The molecule has 1 saturated heterocycles. The molecule has 1 rings (SSSR count). The molecule has 1 aliphatic rings. The van der Waals surface area contributed by atoms with E-state index < -0.39 is 48.0 Å². The third-order valence-electron chi connectivity index (χ3n) is 7.29. The molecule has 59 heavy (non-hydrogen) atoms. The number of nitrogens with one attached hydrogen (secondary N) is 1. The molecule has 1 fully saturated rings. The van der Waals surface area contributed by atoms with Crippen LogP contribution in [0, 0.1) is 0 Å². The van der Waals surface area contributed by atoms with Crippen LogP contribution in [0.15, 0.2) is 48.6 Å². The number of hydrogen-bond donors (Lipinski definition) is 3. The number of carboxylic acids is 2. The highest BCUT2D eigenvalue weighted by Crippen LogP contribution is 2.17. The fraction of sp³-hybridized carbons (Fsp3) is 0.610. The van der Waals surface area contributed by atoms with Crippen molar-refractivity contribution in [2.45, 2.75) is 130 Å². The predicted octanol–water partition coefficient (Wildman–Crippen LogP) is 5.38. The van der Waals surface area contributed by atoms with Crippen molar-refractivity contribution < 1.29 is 81.8 Å². The van der Waals surface area contributed by atoms with Gasteiger partial charge >= 0.3 is 47.8 Å². The third-order valence-corrected chi connectivity index (χ3v) is 7.29. The lowest BCUT2D eigenvalue weighted by molar-refractivity contribution is -0.178. The molecule has 0 aromatic rings. The summed E-state index contributed by atoms with van der Waals surface area (Å²) in [7, 11) is 0. The first-order valence-corrected chi connectivity index (χ1v) is 19.3. The highest BCUT2D eigenvalue weighted by Gasteiger charge is 2.26. The molecule has 0 amide bonds. The molecule has 2 unspecified atom stereocenters. The quantitative estimate of drug-likeness (QED) is 0.0308. The Bertz CT molecular complexity index is 1370. The standard InChI is InChI=1S/C23H35NO9.2C9H14O4/c1-16(2)22(27)30-12-7-5-9-20(25)32-18-11-14-29-19(15-18)24-33-21(26)10-6-8-13-31-23(28)17(3)4;2*1-7(2)9(12)13-6-4-3-5-8(10)11/h18-19,24H,1,3,5-15H2,2,4H3;2*1,3-6H2,2H3,(H,10,11). The van der Waals surface area contributed by atoms with E-state index in [4.69, 9.17) is 43.5 Å². The number of carboxylic acid groups (broad SMARTS) is 2. The zero-order valence-corrected chi connectivity index (χ0v) is 34.9. The van der Waals surface area contributed by atoms with E-state index in [1.807, 2.05) is 0 Å². The molecule has 1 heterocycles. The van der Waals surface area contributed by atoms with Crippen molar-refractivity contribution in [3.05, 3.63) is 48.6 Å². The number of aliphatic carboxylic acids is 2. The van der Waals surface area contributed by atoms with Crippen LogP contribution in [0.5, 0.6) is 0 Å². The summed E-state index contributed by atoms with van der Waals surface area (Å²) in [5.74, 6) is -4.19. The smallest absolute Gasteiger partial charge is 0.333 e. The van der Waals surface area contributed by atoms with Gasteiger partial charge in [-0.2, -0.15) is 0 Å². The number of hydrogen-bond acceptors (Lipinski definition) is 16. The molecular weight excluding hydrogens is 778 g/mol. The third kappa shape index (κ3) is 35.5. The summed E-state index contributed by atoms with van der Waals surface area (Å²) >= 11 is 0. The first kappa shape index (κ1) is 55.7. The Balaban J connectivity index is 0. The minimum absolute atomic E-state index is 0.116. The van der Waals surface area contributed by atoms with Crippen molar-refractivity contribution in [3.63, 3.8) is 0 Å². The Morgan fingerprint density at radius 1 is 0.542 bits per heavy atom. The van der Waals surface area contributed by atoms with Gasteiger partial charge in [0, 0.05) is 60.8 Å². The van der Waals surface area contributed by atoms with Crippen LogP contribution in [0.4, 0.5) is 0 Å². The molecule has 0 aliphatic carbocycles. The van der Waals surface area contributed by atoms with Crippen LogP contribution in [-0.2, 0) is 71.6 Å². The zero-order chi connectivity index (χ0) is 45.2. The molecule has 0 saturated carbocycles. The lowest BCUT2D eigenvalue weighted by Gasteiger charge is -2.29. The minimum Gasteiger partial charge on any atom is -0.481 e. The van der Waals surface area contributed by atoms with Gasteiger partial charge in [0.25, 0.3) is 0 Å². The lowest BCUT2D eigenvalue weighted by atomic mass is 10.1. The minimum atomic E-state index is -0.828. The lowest BCUT2D eigenvalue weighted by Crippen LogP contribution is -2.42. The average molecular weight is 842 g/mol. The summed E-state index contributed by atoms with van der Waals surface area (Å²) in [4.78, 5) is 93.1. The second kappa shape index (κ2) is 34.7. The largest absolute Gasteiger partial charge is 0.481 e. The maximum Gasteiger partial charge on any atom is 0.333 e. The number of carbonyl (C=O) groups is 8. The first-order valence-electron chi connectivity index (χ1n) is 19.3. The van der Waals surface area contributed by atoms with E-state index in [9.17, 15) is 38.4 Å². The van der Waals surface area contributed by atoms with Gasteiger partial charge in [0.2, 0.25) is 0 Å². The molecule has 0 aromatic carbocycles. The van der Waals surface area contributed by atoms with Crippen LogP contribution in [0.2, 0.25) is 0 Å². The highest BCUT2D eigenvalue weighted by molar-refractivity contribution is 5.88. The van der Waals surface area contributed by atoms with Gasteiger partial charge in [-0.05, 0) is 79.1 Å². The molecule has 2 atom stereocenters. The summed E-state index contributed by atoms with van der Waals surface area (Å²) < 4.78 is 30.4. The van der Waals surface area contributed by atoms with Gasteiger partial charge in [-0.1, -0.05) is 26.3 Å². The fourth-order valence-corrected chi connectivity index (χ4v) is 4.03. The van der Waals surface area contributed by atoms with E-state index in [1.165, 1.54) is 0 Å². The van der Waals surface area contributed by atoms with Crippen LogP contribution >= 0.6 is 0 Å². The van der Waals surface area contributed by atoms with Crippen LogP contribution in [0.3, 0.4) is 0 Å². The zero-order valence-electron chi connectivity index (χ0n) is 34.9. The molecule has 3 N–H and O–H groups in total. The van der Waals surface area contributed by atoms with Crippen molar-refractivity contribution in [1.82, 2.24) is 5.48 Å². The van der Waals surface area contributed by atoms with Gasteiger partial charge in [0.1, 0.15) is 12.3 Å². The van der Waals surface area contributed by atoms with Crippen molar-refractivity contribution in [1.29, 1.82) is 0 Å². The molecule has 0 bridgehead atoms. The second-order valence-corrected chi connectivity index (χ2v) is 13.4. The van der Waals surface area contributed by atoms with E-state index in [2.05, 4.69) is 31.8 Å². The van der Waals surface area contributed by atoms with Gasteiger partial charge in [-0.25, -0.2) is 19.2 Å². The summed E-state index contributed by atoms with van der Waals surface area (Å²) in [5, 5.41) is 16.6. The Labute approximate surface area is 346 Å². The van der Waals surface area contributed by atoms with E-state index in [0.717, 1.165) is 0 Å². The van der Waals surface area contributed by atoms with Crippen molar-refractivity contribution in [2.75, 3.05) is 33.0 Å². The van der Waals surface area contributed by atoms with Crippen molar-refractivity contribution >= 4 is 47.8 Å². The normalized spacial score (nSPS) is 13.9. The number of hydroxylamine groups is 1. The van der Waals surface area contributed by atoms with Crippen LogP contribution in [0.1, 0.15) is 118 Å². The number of rotatable bonds is 27. The summed E-state index contributed by atoms with van der Waals surface area (Å²) in [6, 6.07) is 0. The van der Waals surface area contributed by atoms with Gasteiger partial charge in [-0.15, -0.1) is 5.48 Å². The maximum atomic E-state index is 12.0. The van der Waals surface area contributed by atoms with E-state index >= 15 is 0 Å². The molecule has 0 radical (unpaired) electrons. The van der Waals surface area contributed by atoms with Gasteiger partial charge in [0.15, 0.2) is 0 Å². The maximum absolute atomic E-state index is 12.0. The average Bonchev–Trinajstić information content (AvgIpc) is 3.16. The molecule has 0 aromatic heterocycles. The van der Waals surface area contributed by atoms with Crippen LogP contribution in [-0.4, -0.2) is 103 Å². The van der Waals surface area contributed by atoms with E-state index in [1.54, 1.807) is 27.7 Å². The number of carbonyl (C=O) groups excluding carboxylic acids is 6. The number of unbranched alkanes of at least 4 members (excludes halogenated alkanes) is 4. The molecule has 334 valence electrons. The van der Waals surface area contributed by atoms with E-state index in [0.29, 0.717) is 93.1 Å². The number of esters is 5. The Kier molecular flexibility index (Phi) is 32.7. The van der Waals surface area contributed by atoms with Gasteiger partial charge in [0.05, 0.1) is 33.0 Å². The Hall–Kier alpha value is -5.36. The van der Waals surface area contributed by atoms with E-state index in [-0.39, 0.29) is 64.2 Å². The fourth-order valence-electron chi connectivity index (χ4n) is 4.03. The summed E-state index contributed by atoms with van der Waals surface area (Å²) in [6.45, 7) is 21.4. The monoisotopic (exact) mass is 841 g/mol. The summed E-state index contributed by atoms with van der Waals surface area (Å²) in [6.07, 6.45) is 4.93. The first-order chi connectivity index (χ1) is 27.8. The van der Waals surface area contributed by atoms with Crippen LogP contribution < -0.4 is 5.48 Å². The van der Waals surface area contributed by atoms with Crippen LogP contribution in [0.25, 0.3) is 0 Å². The molecule has 18 heteroatoms. The molecular formula is C41H63NO17.